The molecule has 1 N–H and O–H groups in total. The topological polar surface area (TPSA) is 93.5 Å². The van der Waals surface area contributed by atoms with Crippen LogP contribution in [0.2, 0.25) is 0 Å². The molecule has 0 radical (unpaired) electrons. The summed E-state index contributed by atoms with van der Waals surface area (Å²) in [5.74, 6) is 0.813. The minimum Gasteiger partial charge on any atom is -0.382 e. The summed E-state index contributed by atoms with van der Waals surface area (Å²) in [6.07, 6.45) is 6.63. The second-order valence-corrected chi connectivity index (χ2v) is 11.1. The summed E-state index contributed by atoms with van der Waals surface area (Å²) in [6.45, 7) is 6.55. The van der Waals surface area contributed by atoms with Gasteiger partial charge in [-0.25, -0.2) is 13.4 Å². The molecule has 2 aromatic rings. The van der Waals surface area contributed by atoms with Crippen molar-refractivity contribution >= 4 is 27.0 Å². The number of ether oxygens (including phenoxy) is 1. The largest absolute Gasteiger partial charge is 0.382 e. The number of benzene rings is 1. The summed E-state index contributed by atoms with van der Waals surface area (Å²) in [6, 6.07) is 5.78. The SMILES string of the molecule is CCOCCCNC(=O)C1CCN(S(=O)(=O)c2ccc3c(c2)nc(C)n3C2CCCC2)CC1. The van der Waals surface area contributed by atoms with Crippen LogP contribution in [0.15, 0.2) is 23.1 Å². The monoisotopic (exact) mass is 476 g/mol. The van der Waals surface area contributed by atoms with Gasteiger partial charge in [0.2, 0.25) is 15.9 Å². The molecule has 182 valence electrons. The molecule has 8 nitrogen and oxygen atoms in total. The molecule has 2 heterocycles. The van der Waals surface area contributed by atoms with E-state index in [1.54, 1.807) is 12.1 Å². The number of fused-ring (bicyclic) bond motifs is 1. The van der Waals surface area contributed by atoms with E-state index in [-0.39, 0.29) is 16.7 Å². The molecule has 1 aromatic heterocycles. The van der Waals surface area contributed by atoms with E-state index in [1.807, 2.05) is 19.9 Å². The van der Waals surface area contributed by atoms with Crippen LogP contribution in [0.1, 0.15) is 63.7 Å². The standard InChI is InChI=1S/C24H36N4O4S/c1-3-32-16-6-13-25-24(29)19-11-14-27(15-12-19)33(30,31)21-9-10-23-22(17-21)26-18(2)28(23)20-7-4-5-8-20/h9-10,17,19-20H,3-8,11-16H2,1-2H3,(H,25,29). The molecule has 1 aromatic carbocycles. The van der Waals surface area contributed by atoms with Gasteiger partial charge in [0.15, 0.2) is 0 Å². The summed E-state index contributed by atoms with van der Waals surface area (Å²) in [4.78, 5) is 17.4. The molecule has 0 bridgehead atoms. The molecule has 0 atom stereocenters. The van der Waals surface area contributed by atoms with Crippen LogP contribution >= 0.6 is 0 Å². The number of aryl methyl sites for hydroxylation is 1. The van der Waals surface area contributed by atoms with E-state index in [2.05, 4.69) is 14.9 Å². The Balaban J connectivity index is 1.39. The van der Waals surface area contributed by atoms with Crippen LogP contribution in [0.25, 0.3) is 11.0 Å². The first-order valence-electron chi connectivity index (χ1n) is 12.3. The van der Waals surface area contributed by atoms with E-state index in [0.29, 0.717) is 51.7 Å². The Bertz CT molecular complexity index is 1070. The zero-order chi connectivity index (χ0) is 23.4. The molecular formula is C24H36N4O4S. The molecule has 1 aliphatic heterocycles. The van der Waals surface area contributed by atoms with Gasteiger partial charge in [0.05, 0.1) is 15.9 Å². The molecule has 0 unspecified atom stereocenters. The second-order valence-electron chi connectivity index (χ2n) is 9.14. The minimum atomic E-state index is -3.62. The maximum atomic E-state index is 13.3. The van der Waals surface area contributed by atoms with Crippen molar-refractivity contribution in [2.24, 2.45) is 5.92 Å². The third-order valence-corrected chi connectivity index (χ3v) is 8.85. The molecule has 1 saturated carbocycles. The lowest BCUT2D eigenvalue weighted by Crippen LogP contribution is -2.43. The number of sulfonamides is 1. The van der Waals surface area contributed by atoms with E-state index in [4.69, 9.17) is 4.74 Å². The number of amides is 1. The fourth-order valence-corrected chi connectivity index (χ4v) is 6.66. The van der Waals surface area contributed by atoms with Crippen molar-refractivity contribution in [1.29, 1.82) is 0 Å². The van der Waals surface area contributed by atoms with Crippen molar-refractivity contribution in [1.82, 2.24) is 19.2 Å². The number of aromatic nitrogens is 2. The van der Waals surface area contributed by atoms with Gasteiger partial charge >= 0.3 is 0 Å². The van der Waals surface area contributed by atoms with Crippen LogP contribution in [0, 0.1) is 12.8 Å². The Labute approximate surface area is 196 Å². The first-order chi connectivity index (χ1) is 15.9. The first-order valence-corrected chi connectivity index (χ1v) is 13.7. The van der Waals surface area contributed by atoms with Crippen molar-refractivity contribution in [3.63, 3.8) is 0 Å². The fourth-order valence-electron chi connectivity index (χ4n) is 5.16. The highest BCUT2D eigenvalue weighted by Crippen LogP contribution is 2.34. The average molecular weight is 477 g/mol. The fraction of sp³-hybridized carbons (Fsp3) is 0.667. The Morgan fingerprint density at radius 2 is 1.91 bits per heavy atom. The van der Waals surface area contributed by atoms with Gasteiger partial charge in [0, 0.05) is 44.8 Å². The number of imidazole rings is 1. The van der Waals surface area contributed by atoms with Crippen molar-refractivity contribution in [3.8, 4) is 0 Å². The highest BCUT2D eigenvalue weighted by molar-refractivity contribution is 7.89. The Kier molecular flexibility index (Phi) is 7.71. The lowest BCUT2D eigenvalue weighted by Gasteiger charge is -2.30. The molecule has 9 heteroatoms. The predicted octanol–water partition coefficient (Wildman–Crippen LogP) is 3.40. The van der Waals surface area contributed by atoms with Gasteiger partial charge < -0.3 is 14.6 Å². The smallest absolute Gasteiger partial charge is 0.243 e. The summed E-state index contributed by atoms with van der Waals surface area (Å²) in [5.41, 5.74) is 1.75. The number of nitrogens with zero attached hydrogens (tertiary/aromatic N) is 3. The zero-order valence-electron chi connectivity index (χ0n) is 19.8. The van der Waals surface area contributed by atoms with E-state index >= 15 is 0 Å². The predicted molar refractivity (Wildman–Crippen MR) is 128 cm³/mol. The molecule has 0 spiro atoms. The van der Waals surface area contributed by atoms with E-state index < -0.39 is 10.0 Å². The van der Waals surface area contributed by atoms with Crippen molar-refractivity contribution < 1.29 is 17.9 Å². The maximum Gasteiger partial charge on any atom is 0.243 e. The molecule has 1 aliphatic carbocycles. The van der Waals surface area contributed by atoms with Gasteiger partial charge in [0.1, 0.15) is 5.82 Å². The summed E-state index contributed by atoms with van der Waals surface area (Å²) in [7, 11) is -3.62. The van der Waals surface area contributed by atoms with E-state index in [0.717, 1.165) is 36.1 Å². The van der Waals surface area contributed by atoms with Crippen LogP contribution in [-0.2, 0) is 19.6 Å². The molecule has 1 saturated heterocycles. The third kappa shape index (κ3) is 5.25. The highest BCUT2D eigenvalue weighted by atomic mass is 32.2. The number of carbonyl (C=O) groups is 1. The number of hydrogen-bond donors (Lipinski definition) is 1. The Morgan fingerprint density at radius 3 is 2.61 bits per heavy atom. The summed E-state index contributed by atoms with van der Waals surface area (Å²) < 4.78 is 35.7. The van der Waals surface area contributed by atoms with Crippen molar-refractivity contribution in [2.45, 2.75) is 69.7 Å². The normalized spacial score (nSPS) is 18.8. The number of rotatable bonds is 9. The Morgan fingerprint density at radius 1 is 1.18 bits per heavy atom. The molecule has 4 rings (SSSR count). The molecule has 2 aliphatic rings. The van der Waals surface area contributed by atoms with Gasteiger partial charge in [-0.2, -0.15) is 4.31 Å². The van der Waals surface area contributed by atoms with Gasteiger partial charge in [0.25, 0.3) is 0 Å². The van der Waals surface area contributed by atoms with E-state index in [9.17, 15) is 13.2 Å². The molecule has 33 heavy (non-hydrogen) atoms. The van der Waals surface area contributed by atoms with Crippen LogP contribution in [-0.4, -0.2) is 61.0 Å². The minimum absolute atomic E-state index is 0.0119. The Hall–Kier alpha value is -1.97. The maximum absolute atomic E-state index is 13.3. The van der Waals surface area contributed by atoms with Crippen molar-refractivity contribution in [2.75, 3.05) is 32.8 Å². The van der Waals surface area contributed by atoms with Crippen LogP contribution in [0.3, 0.4) is 0 Å². The number of hydrogen-bond acceptors (Lipinski definition) is 5. The van der Waals surface area contributed by atoms with Gasteiger partial charge in [-0.1, -0.05) is 12.8 Å². The first kappa shape index (κ1) is 24.2. The van der Waals surface area contributed by atoms with Crippen LogP contribution < -0.4 is 5.32 Å². The van der Waals surface area contributed by atoms with E-state index in [1.165, 1.54) is 17.1 Å². The van der Waals surface area contributed by atoms with Crippen molar-refractivity contribution in [3.05, 3.63) is 24.0 Å². The third-order valence-electron chi connectivity index (χ3n) is 6.96. The molecule has 2 fully saturated rings. The molecular weight excluding hydrogens is 440 g/mol. The second kappa shape index (κ2) is 10.5. The van der Waals surface area contributed by atoms with Crippen LogP contribution in [0.5, 0.6) is 0 Å². The highest BCUT2D eigenvalue weighted by Gasteiger charge is 2.32. The number of piperidine rings is 1. The lowest BCUT2D eigenvalue weighted by atomic mass is 9.97. The van der Waals surface area contributed by atoms with Gasteiger partial charge in [-0.3, -0.25) is 4.79 Å². The lowest BCUT2D eigenvalue weighted by molar-refractivity contribution is -0.126. The number of nitrogens with one attached hydrogen (secondary N) is 1. The average Bonchev–Trinajstić information content (AvgIpc) is 3.45. The molecule has 1 amide bonds. The quantitative estimate of drug-likeness (QED) is 0.560. The van der Waals surface area contributed by atoms with Crippen LogP contribution in [0.4, 0.5) is 0 Å². The van der Waals surface area contributed by atoms with Gasteiger partial charge in [-0.05, 0) is 64.2 Å². The van der Waals surface area contributed by atoms with Gasteiger partial charge in [-0.15, -0.1) is 0 Å². The zero-order valence-corrected chi connectivity index (χ0v) is 20.6. The summed E-state index contributed by atoms with van der Waals surface area (Å²) in [5, 5.41) is 2.95. The number of carbonyl (C=O) groups excluding carboxylic acids is 1. The summed E-state index contributed by atoms with van der Waals surface area (Å²) >= 11 is 0.